The fourth-order valence-electron chi connectivity index (χ4n) is 7.11. The summed E-state index contributed by atoms with van der Waals surface area (Å²) in [5.74, 6) is -1.83. The molecule has 3 N–H and O–H groups in total. The lowest BCUT2D eigenvalue weighted by atomic mass is 10.1. The highest BCUT2D eigenvalue weighted by molar-refractivity contribution is 7.91. The van der Waals surface area contributed by atoms with Crippen molar-refractivity contribution in [2.24, 2.45) is 5.92 Å². The van der Waals surface area contributed by atoms with Gasteiger partial charge in [-0.1, -0.05) is 31.2 Å². The summed E-state index contributed by atoms with van der Waals surface area (Å²) in [6.45, 7) is 7.33. The molecule has 2 aromatic heterocycles. The lowest BCUT2D eigenvalue weighted by molar-refractivity contribution is -0.131. The number of hydrazine groups is 1. The van der Waals surface area contributed by atoms with Crippen LogP contribution < -0.4 is 20.2 Å². The van der Waals surface area contributed by atoms with Crippen LogP contribution in [0.15, 0.2) is 54.4 Å². The number of rotatable bonds is 12. The fraction of sp³-hybridized carbons (Fsp3) is 0.514. The van der Waals surface area contributed by atoms with E-state index >= 15 is 0 Å². The summed E-state index contributed by atoms with van der Waals surface area (Å²) in [4.78, 5) is 67.2. The second kappa shape index (κ2) is 15.2. The minimum absolute atomic E-state index is 0.00629. The van der Waals surface area contributed by atoms with Gasteiger partial charge in [0.25, 0.3) is 5.91 Å². The maximum atomic E-state index is 14.5. The first-order valence-corrected chi connectivity index (χ1v) is 20.9. The Morgan fingerprint density at radius 2 is 1.80 bits per heavy atom. The number of benzene rings is 1. The molecule has 15 nitrogen and oxygen atoms in total. The third kappa shape index (κ3) is 7.74. The summed E-state index contributed by atoms with van der Waals surface area (Å²) in [5.41, 5.74) is 2.83. The molecule has 288 valence electrons. The molecule has 0 radical (unpaired) electrons. The molecule has 0 spiro atoms. The van der Waals surface area contributed by atoms with Crippen molar-refractivity contribution < 1.29 is 37.1 Å². The third-order valence-electron chi connectivity index (χ3n) is 10.7. The van der Waals surface area contributed by atoms with E-state index < -0.39 is 68.9 Å². The highest BCUT2D eigenvalue weighted by Gasteiger charge is 2.62. The van der Waals surface area contributed by atoms with Gasteiger partial charge in [0.2, 0.25) is 21.8 Å². The molecular formula is C37H45N7O8S2. The number of hydrogen-bond donors (Lipinski definition) is 3. The van der Waals surface area contributed by atoms with E-state index in [0.717, 1.165) is 30.6 Å². The van der Waals surface area contributed by atoms with Crippen LogP contribution in [0.2, 0.25) is 0 Å². The quantitative estimate of drug-likeness (QED) is 0.172. The minimum atomic E-state index is -3.91. The Labute approximate surface area is 317 Å². The van der Waals surface area contributed by atoms with Gasteiger partial charge in [-0.15, -0.1) is 17.9 Å². The summed E-state index contributed by atoms with van der Waals surface area (Å²) in [5, 5.41) is 5.23. The van der Waals surface area contributed by atoms with E-state index in [0.29, 0.717) is 36.0 Å². The molecular weight excluding hydrogens is 735 g/mol. The predicted octanol–water partition coefficient (Wildman–Crippen LogP) is 4.65. The monoisotopic (exact) mass is 779 g/mol. The number of likely N-dealkylation sites (tertiary alicyclic amines) is 1. The van der Waals surface area contributed by atoms with Crippen molar-refractivity contribution in [2.45, 2.75) is 107 Å². The second-order valence-corrected chi connectivity index (χ2v) is 17.4. The van der Waals surface area contributed by atoms with Crippen molar-refractivity contribution in [2.75, 3.05) is 6.54 Å². The van der Waals surface area contributed by atoms with Gasteiger partial charge in [-0.3, -0.25) is 14.3 Å². The van der Waals surface area contributed by atoms with Gasteiger partial charge in [0.15, 0.2) is 0 Å². The zero-order valence-electron chi connectivity index (χ0n) is 30.2. The largest absolute Gasteiger partial charge is 0.471 e. The van der Waals surface area contributed by atoms with Gasteiger partial charge in [-0.25, -0.2) is 38.4 Å². The third-order valence-corrected chi connectivity index (χ3v) is 13.4. The minimum Gasteiger partial charge on any atom is -0.471 e. The van der Waals surface area contributed by atoms with Crippen molar-refractivity contribution in [1.29, 1.82) is 0 Å². The van der Waals surface area contributed by atoms with E-state index in [1.54, 1.807) is 6.92 Å². The van der Waals surface area contributed by atoms with Crippen LogP contribution >= 0.6 is 11.3 Å². The van der Waals surface area contributed by atoms with Crippen LogP contribution in [0.25, 0.3) is 21.6 Å². The van der Waals surface area contributed by atoms with Gasteiger partial charge in [-0.2, -0.15) is 0 Å². The van der Waals surface area contributed by atoms with Crippen molar-refractivity contribution in [3.05, 3.63) is 54.4 Å². The Hall–Kier alpha value is -4.77. The number of sulfonamides is 1. The number of ether oxygens (including phenoxy) is 2. The molecule has 5 amide bonds. The second-order valence-electron chi connectivity index (χ2n) is 14.5. The van der Waals surface area contributed by atoms with Crippen LogP contribution in [0, 0.1) is 5.92 Å². The highest BCUT2D eigenvalue weighted by Crippen LogP contribution is 2.45. The molecule has 0 bridgehead atoms. The Morgan fingerprint density at radius 1 is 1.07 bits per heavy atom. The van der Waals surface area contributed by atoms with Gasteiger partial charge < -0.3 is 19.7 Å². The molecule has 5 atom stereocenters. The lowest BCUT2D eigenvalue weighted by Gasteiger charge is -2.34. The predicted molar refractivity (Wildman–Crippen MR) is 201 cm³/mol. The normalized spacial score (nSPS) is 24.4. The molecule has 3 aliphatic carbocycles. The Bertz CT molecular complexity index is 2040. The summed E-state index contributed by atoms with van der Waals surface area (Å²) in [6, 6.07) is 8.81. The maximum Gasteiger partial charge on any atom is 0.426 e. The molecule has 4 aliphatic rings. The number of fused-ring (bicyclic) bond motifs is 1. The van der Waals surface area contributed by atoms with E-state index in [1.807, 2.05) is 48.7 Å². The maximum absolute atomic E-state index is 14.5. The summed E-state index contributed by atoms with van der Waals surface area (Å²) in [6.07, 6.45) is 4.62. The van der Waals surface area contributed by atoms with Crippen LogP contribution in [-0.4, -0.2) is 93.9 Å². The first-order valence-electron chi connectivity index (χ1n) is 18.5. The molecule has 1 aromatic carbocycles. The van der Waals surface area contributed by atoms with E-state index in [2.05, 4.69) is 22.0 Å². The van der Waals surface area contributed by atoms with Gasteiger partial charge in [0.05, 0.1) is 33.7 Å². The number of hydrogen-bond acceptors (Lipinski definition) is 11. The number of aromatic nitrogens is 2. The molecule has 3 unspecified atom stereocenters. The van der Waals surface area contributed by atoms with Gasteiger partial charge in [0, 0.05) is 12.3 Å². The number of amides is 5. The number of urea groups is 1. The molecule has 54 heavy (non-hydrogen) atoms. The molecule has 4 fully saturated rings. The van der Waals surface area contributed by atoms with E-state index in [1.165, 1.54) is 27.3 Å². The number of nitrogens with zero attached hydrogens (tertiary/aromatic N) is 4. The van der Waals surface area contributed by atoms with E-state index in [4.69, 9.17) is 19.4 Å². The van der Waals surface area contributed by atoms with Crippen LogP contribution in [-0.2, 0) is 24.3 Å². The molecule has 3 heterocycles. The molecule has 3 aromatic rings. The summed E-state index contributed by atoms with van der Waals surface area (Å²) < 4.78 is 39.8. The number of carbonyl (C=O) groups is 4. The average molecular weight is 780 g/mol. The first kappa shape index (κ1) is 37.5. The number of carbonyl (C=O) groups excluding carboxylic acids is 4. The van der Waals surface area contributed by atoms with Crippen molar-refractivity contribution in [1.82, 2.24) is 35.3 Å². The summed E-state index contributed by atoms with van der Waals surface area (Å²) in [7, 11) is -3.91. The lowest BCUT2D eigenvalue weighted by Crippen LogP contribution is -2.60. The molecule has 1 aliphatic heterocycles. The molecule has 17 heteroatoms. The van der Waals surface area contributed by atoms with Crippen molar-refractivity contribution in [3.8, 4) is 16.5 Å². The smallest absolute Gasteiger partial charge is 0.426 e. The standard InChI is InChI=1S/C37H45N7O8S2/c1-4-22(3)44(41-35(47)52-24-11-6-7-12-24)36(48)43-21-25(51-33-31(30-15-10-18-53-30)38-27-13-8-9-14-28(27)39-33)19-29(43)32(45)40-37(20-23(37)5-2)34(46)42-54(49,50)26-16-17-26/h5,8-10,13-15,18,22-26,29H,2,4,6-7,11-12,16-17,19-21H2,1,3H3,(H,40,45)(H,41,47)(H,42,46)/t22?,23-,25?,29+,37?/m1/s1. The molecule has 7 rings (SSSR count). The Morgan fingerprint density at radius 3 is 2.43 bits per heavy atom. The number of nitrogens with one attached hydrogen (secondary N) is 3. The van der Waals surface area contributed by atoms with Gasteiger partial charge >= 0.3 is 12.1 Å². The Balaban J connectivity index is 1.18. The van der Waals surface area contributed by atoms with Gasteiger partial charge in [-0.05, 0) is 81.9 Å². The van der Waals surface area contributed by atoms with E-state index in [-0.39, 0.29) is 31.4 Å². The topological polar surface area (TPSA) is 189 Å². The fourth-order valence-corrected chi connectivity index (χ4v) is 9.18. The van der Waals surface area contributed by atoms with Crippen LogP contribution in [0.3, 0.4) is 0 Å². The van der Waals surface area contributed by atoms with Gasteiger partial charge in [0.1, 0.15) is 29.5 Å². The van der Waals surface area contributed by atoms with E-state index in [9.17, 15) is 27.6 Å². The van der Waals surface area contributed by atoms with Crippen molar-refractivity contribution in [3.63, 3.8) is 0 Å². The van der Waals surface area contributed by atoms with Crippen molar-refractivity contribution >= 4 is 56.3 Å². The zero-order chi connectivity index (χ0) is 38.2. The number of thiophene rings is 1. The highest BCUT2D eigenvalue weighted by atomic mass is 32.2. The van der Waals surface area contributed by atoms with Crippen LogP contribution in [0.1, 0.15) is 71.6 Å². The average Bonchev–Trinajstić information content (AvgIpc) is 3.91. The number of para-hydroxylation sites is 2. The molecule has 1 saturated heterocycles. The zero-order valence-corrected chi connectivity index (χ0v) is 31.9. The van der Waals surface area contributed by atoms with Crippen LogP contribution in [0.5, 0.6) is 5.88 Å². The Kier molecular flexibility index (Phi) is 10.5. The molecule has 3 saturated carbocycles. The first-order chi connectivity index (χ1) is 25.9. The SMILES string of the molecule is C=C[C@@H]1CC1(NC(=O)[C@@H]1CC(Oc2nc3ccccc3nc2-c2cccs2)CN1C(=O)N(NC(=O)OC1CCCC1)C(C)CC)C(=O)NS(=O)(=O)C1CC1. The summed E-state index contributed by atoms with van der Waals surface area (Å²) >= 11 is 1.46. The van der Waals surface area contributed by atoms with Crippen LogP contribution in [0.4, 0.5) is 9.59 Å².